The van der Waals surface area contributed by atoms with Crippen LogP contribution in [-0.4, -0.2) is 19.1 Å². The zero-order valence-corrected chi connectivity index (χ0v) is 12.9. The van der Waals surface area contributed by atoms with E-state index in [2.05, 4.69) is 32.6 Å². The summed E-state index contributed by atoms with van der Waals surface area (Å²) in [4.78, 5) is 5.79. The van der Waals surface area contributed by atoms with Crippen molar-refractivity contribution in [3.63, 3.8) is 0 Å². The number of nitrogens with zero attached hydrogens (tertiary/aromatic N) is 4. The third kappa shape index (κ3) is 2.55. The summed E-state index contributed by atoms with van der Waals surface area (Å²) in [6.45, 7) is 2.07. The van der Waals surface area contributed by atoms with E-state index >= 15 is 0 Å². The minimum absolute atomic E-state index is 0.0181. The van der Waals surface area contributed by atoms with Gasteiger partial charge in [-0.1, -0.05) is 23.5 Å². The molecule has 0 spiro atoms. The Kier molecular flexibility index (Phi) is 3.96. The highest BCUT2D eigenvalue weighted by atomic mass is 32.1. The largest absolute Gasteiger partial charge is 0.331 e. The van der Waals surface area contributed by atoms with Crippen molar-refractivity contribution in [2.24, 2.45) is 12.9 Å². The van der Waals surface area contributed by atoms with Gasteiger partial charge in [-0.25, -0.2) is 4.98 Å². The van der Waals surface area contributed by atoms with Crippen LogP contribution in [0.5, 0.6) is 0 Å². The number of benzene rings is 1. The van der Waals surface area contributed by atoms with Gasteiger partial charge in [0, 0.05) is 13.5 Å². The summed E-state index contributed by atoms with van der Waals surface area (Å²) in [6, 6.07) is 8.10. The highest BCUT2D eigenvalue weighted by molar-refractivity contribution is 7.05. The molecule has 2 heterocycles. The fourth-order valence-corrected chi connectivity index (χ4v) is 3.31. The van der Waals surface area contributed by atoms with E-state index in [9.17, 15) is 0 Å². The van der Waals surface area contributed by atoms with E-state index in [-0.39, 0.29) is 6.04 Å². The highest BCUT2D eigenvalue weighted by Gasteiger charge is 2.20. The summed E-state index contributed by atoms with van der Waals surface area (Å²) in [7, 11) is 2.03. The summed E-state index contributed by atoms with van der Waals surface area (Å²) in [5, 5.41) is 4.16. The minimum atomic E-state index is -0.0181. The van der Waals surface area contributed by atoms with Gasteiger partial charge in [0.1, 0.15) is 5.82 Å². The standard InChI is InChI=1S/C14H18N6S/c1-3-9-14(21-19-18-9)11(17-15)8-13-16-10-6-4-5-7-12(10)20(13)2/h4-7,11,17H,3,8,15H2,1-2H3. The van der Waals surface area contributed by atoms with Gasteiger partial charge in [0.2, 0.25) is 0 Å². The van der Waals surface area contributed by atoms with Crippen LogP contribution in [0.2, 0.25) is 0 Å². The molecule has 1 aromatic carbocycles. The van der Waals surface area contributed by atoms with Crippen molar-refractivity contribution < 1.29 is 0 Å². The van der Waals surface area contributed by atoms with Crippen molar-refractivity contribution in [3.8, 4) is 0 Å². The molecule has 21 heavy (non-hydrogen) atoms. The first-order valence-corrected chi connectivity index (χ1v) is 7.69. The average molecular weight is 302 g/mol. The van der Waals surface area contributed by atoms with Crippen LogP contribution in [0.15, 0.2) is 24.3 Å². The molecule has 3 rings (SSSR count). The molecule has 2 aromatic heterocycles. The topological polar surface area (TPSA) is 81.7 Å². The molecule has 110 valence electrons. The van der Waals surface area contributed by atoms with Crippen LogP contribution in [0.1, 0.15) is 29.4 Å². The molecule has 0 bridgehead atoms. The second-order valence-corrected chi connectivity index (χ2v) is 5.72. The molecule has 0 fully saturated rings. The van der Waals surface area contributed by atoms with Crippen molar-refractivity contribution in [2.75, 3.05) is 0 Å². The van der Waals surface area contributed by atoms with Crippen LogP contribution in [0.4, 0.5) is 0 Å². The van der Waals surface area contributed by atoms with Crippen LogP contribution in [0.3, 0.4) is 0 Å². The van der Waals surface area contributed by atoms with Crippen molar-refractivity contribution in [1.82, 2.24) is 24.6 Å². The Balaban J connectivity index is 1.94. The predicted molar refractivity (Wildman–Crippen MR) is 83.8 cm³/mol. The van der Waals surface area contributed by atoms with Gasteiger partial charge in [-0.15, -0.1) is 5.10 Å². The SMILES string of the molecule is CCc1nnsc1C(Cc1nc2ccccc2n1C)NN. The van der Waals surface area contributed by atoms with Crippen molar-refractivity contribution in [2.45, 2.75) is 25.8 Å². The lowest BCUT2D eigenvalue weighted by atomic mass is 10.1. The molecule has 0 saturated heterocycles. The summed E-state index contributed by atoms with van der Waals surface area (Å²) in [6.07, 6.45) is 1.56. The maximum Gasteiger partial charge on any atom is 0.111 e. The number of imidazole rings is 1. The van der Waals surface area contributed by atoms with E-state index in [1.54, 1.807) is 0 Å². The van der Waals surface area contributed by atoms with Gasteiger partial charge < -0.3 is 4.57 Å². The van der Waals surface area contributed by atoms with Gasteiger partial charge in [0.15, 0.2) is 0 Å². The molecule has 0 saturated carbocycles. The number of hydrogen-bond donors (Lipinski definition) is 2. The first kappa shape index (κ1) is 14.1. The normalized spacial score (nSPS) is 12.9. The summed E-state index contributed by atoms with van der Waals surface area (Å²) in [5.74, 6) is 6.74. The number of rotatable bonds is 5. The second-order valence-electron chi connectivity index (χ2n) is 4.94. The van der Waals surface area contributed by atoms with Gasteiger partial charge >= 0.3 is 0 Å². The van der Waals surface area contributed by atoms with Crippen LogP contribution >= 0.6 is 11.5 Å². The molecule has 1 atom stereocenters. The lowest BCUT2D eigenvalue weighted by Gasteiger charge is -2.14. The average Bonchev–Trinajstić information content (AvgIpc) is 3.10. The molecule has 3 aromatic rings. The van der Waals surface area contributed by atoms with E-state index in [1.165, 1.54) is 11.5 Å². The maximum atomic E-state index is 5.74. The molecule has 0 amide bonds. The van der Waals surface area contributed by atoms with Crippen LogP contribution < -0.4 is 11.3 Å². The Labute approximate surface area is 127 Å². The maximum absolute atomic E-state index is 5.74. The lowest BCUT2D eigenvalue weighted by Crippen LogP contribution is -2.30. The molecule has 6 nitrogen and oxygen atoms in total. The van der Waals surface area contributed by atoms with Crippen molar-refractivity contribution in [3.05, 3.63) is 40.7 Å². The Morgan fingerprint density at radius 1 is 1.38 bits per heavy atom. The molecular formula is C14H18N6S. The number of hydrazine groups is 1. The fourth-order valence-electron chi connectivity index (χ4n) is 2.51. The number of hydrogen-bond acceptors (Lipinski definition) is 6. The van der Waals surface area contributed by atoms with E-state index < -0.39 is 0 Å². The van der Waals surface area contributed by atoms with Gasteiger partial charge in [-0.05, 0) is 30.1 Å². The van der Waals surface area contributed by atoms with E-state index in [0.717, 1.165) is 33.8 Å². The first-order valence-electron chi connectivity index (χ1n) is 6.92. The minimum Gasteiger partial charge on any atom is -0.331 e. The fraction of sp³-hybridized carbons (Fsp3) is 0.357. The molecule has 0 aliphatic carbocycles. The second kappa shape index (κ2) is 5.88. The first-order chi connectivity index (χ1) is 10.2. The Morgan fingerprint density at radius 3 is 2.90 bits per heavy atom. The summed E-state index contributed by atoms with van der Waals surface area (Å²) in [5.41, 5.74) is 6.01. The van der Waals surface area contributed by atoms with Crippen LogP contribution in [-0.2, 0) is 19.9 Å². The van der Waals surface area contributed by atoms with Crippen LogP contribution in [0.25, 0.3) is 11.0 Å². The number of nitrogens with one attached hydrogen (secondary N) is 1. The zero-order chi connectivity index (χ0) is 14.8. The Hall–Kier alpha value is -1.83. The van der Waals surface area contributed by atoms with Gasteiger partial charge in [-0.3, -0.25) is 11.3 Å². The Morgan fingerprint density at radius 2 is 2.19 bits per heavy atom. The lowest BCUT2D eigenvalue weighted by molar-refractivity contribution is 0.535. The summed E-state index contributed by atoms with van der Waals surface area (Å²) < 4.78 is 6.15. The number of aryl methyl sites for hydroxylation is 2. The molecule has 3 N–H and O–H groups in total. The number of para-hydroxylation sites is 2. The van der Waals surface area contributed by atoms with E-state index in [4.69, 9.17) is 10.8 Å². The molecule has 0 aliphatic rings. The number of nitrogens with two attached hydrogens (primary N) is 1. The molecule has 7 heteroatoms. The smallest absolute Gasteiger partial charge is 0.111 e. The number of aromatic nitrogens is 4. The number of fused-ring (bicyclic) bond motifs is 1. The third-order valence-electron chi connectivity index (χ3n) is 3.70. The Bertz CT molecular complexity index is 747. The predicted octanol–water partition coefficient (Wildman–Crippen LogP) is 1.73. The van der Waals surface area contributed by atoms with Gasteiger partial charge in [-0.2, -0.15) is 0 Å². The highest BCUT2D eigenvalue weighted by Crippen LogP contribution is 2.25. The summed E-state index contributed by atoms with van der Waals surface area (Å²) >= 11 is 1.40. The molecule has 1 unspecified atom stereocenters. The quantitative estimate of drug-likeness (QED) is 0.554. The third-order valence-corrected chi connectivity index (χ3v) is 4.58. The molecule has 0 radical (unpaired) electrons. The molecular weight excluding hydrogens is 284 g/mol. The van der Waals surface area contributed by atoms with Gasteiger partial charge in [0.25, 0.3) is 0 Å². The monoisotopic (exact) mass is 302 g/mol. The van der Waals surface area contributed by atoms with E-state index in [1.807, 2.05) is 25.2 Å². The zero-order valence-electron chi connectivity index (χ0n) is 12.1. The van der Waals surface area contributed by atoms with Crippen molar-refractivity contribution >= 4 is 22.6 Å². The van der Waals surface area contributed by atoms with Crippen molar-refractivity contribution in [1.29, 1.82) is 0 Å². The van der Waals surface area contributed by atoms with Crippen LogP contribution in [0, 0.1) is 0 Å². The van der Waals surface area contributed by atoms with E-state index in [0.29, 0.717) is 6.42 Å². The molecule has 0 aliphatic heterocycles. The van der Waals surface area contributed by atoms with Gasteiger partial charge in [0.05, 0.1) is 27.6 Å².